The number of carboxylic acids is 2. The predicted molar refractivity (Wildman–Crippen MR) is 265 cm³/mol. The molecule has 0 fully saturated rings. The number of likely N-dealkylation sites (N-methyl/N-ethyl adjacent to an activating group) is 2. The quantitative estimate of drug-likeness (QED) is 0.0425. The third-order valence-corrected chi connectivity index (χ3v) is 11.3. The van der Waals surface area contributed by atoms with Gasteiger partial charge in [0.25, 0.3) is 0 Å². The highest BCUT2D eigenvalue weighted by molar-refractivity contribution is 6.13. The number of carboxylic acid groups (broad SMARTS) is 2. The number of carbonyl (C=O) groups excluding carboxylic acids is 2. The maximum atomic E-state index is 13.2. The molecule has 2 atom stereocenters. The summed E-state index contributed by atoms with van der Waals surface area (Å²) in [5.74, 6) is 0.382. The van der Waals surface area contributed by atoms with Crippen LogP contribution in [-0.4, -0.2) is 91.2 Å². The van der Waals surface area contributed by atoms with Crippen LogP contribution in [0.4, 0.5) is 23.0 Å². The van der Waals surface area contributed by atoms with Crippen molar-refractivity contribution >= 4 is 46.5 Å². The van der Waals surface area contributed by atoms with Crippen molar-refractivity contribution in [1.82, 2.24) is 4.98 Å². The van der Waals surface area contributed by atoms with Crippen LogP contribution in [-0.2, 0) is 22.4 Å². The summed E-state index contributed by atoms with van der Waals surface area (Å²) in [6.07, 6.45) is 0.381. The summed E-state index contributed by atoms with van der Waals surface area (Å²) < 4.78 is 12.1. The summed E-state index contributed by atoms with van der Waals surface area (Å²) in [6.45, 7) is 1.87. The Kier molecular flexibility index (Phi) is 16.2. The minimum Gasteiger partial charge on any atom is -0.492 e. The number of anilines is 4. The summed E-state index contributed by atoms with van der Waals surface area (Å²) in [4.78, 5) is 59.9. The fraction of sp³-hybridized carbons (Fsp3) is 0.182. The van der Waals surface area contributed by atoms with Crippen LogP contribution in [0, 0.1) is 0 Å². The number of rotatable bonds is 24. The first-order valence-electron chi connectivity index (χ1n) is 22.2. The van der Waals surface area contributed by atoms with E-state index in [1.807, 2.05) is 103 Å². The first-order valence-corrected chi connectivity index (χ1v) is 22.2. The zero-order chi connectivity index (χ0) is 47.8. The smallest absolute Gasteiger partial charge is 0.326 e. The van der Waals surface area contributed by atoms with Gasteiger partial charge in [-0.05, 0) is 71.8 Å². The molecule has 0 spiro atoms. The lowest BCUT2D eigenvalue weighted by molar-refractivity contribution is -0.138. The Morgan fingerprint density at radius 2 is 0.853 bits per heavy atom. The number of benzene rings is 6. The second-order valence-electron chi connectivity index (χ2n) is 16.1. The standard InChI is InChI=1S/C55H53N5O8/c1-59(32-34-67-42-28-24-38(25-29-42)36-48(54(63)64)56-46-20-11-9-18-44(46)52(61)40-14-5-3-6-15-40)50-22-13-23-51(58-50)60(2)33-35-68-43-30-26-39(27-31-43)37-49(55(65)66)57-47-21-12-10-19-45(47)53(62)41-16-7-4-8-17-41/h3-31,48-49,56-57H,32-37H2,1-2H3,(H,63,64)(H,65,66). The maximum absolute atomic E-state index is 13.2. The van der Waals surface area contributed by atoms with Crippen molar-refractivity contribution in [3.8, 4) is 11.5 Å². The maximum Gasteiger partial charge on any atom is 0.326 e. The molecule has 0 aliphatic rings. The number of aliphatic carboxylic acids is 2. The topological polar surface area (TPSA) is 171 Å². The van der Waals surface area contributed by atoms with E-state index in [1.165, 1.54) is 0 Å². The number of aromatic nitrogens is 1. The van der Waals surface area contributed by atoms with E-state index in [0.29, 0.717) is 71.4 Å². The Labute approximate surface area is 395 Å². The first kappa shape index (κ1) is 47.5. The van der Waals surface area contributed by atoms with Gasteiger partial charge in [-0.2, -0.15) is 0 Å². The van der Waals surface area contributed by atoms with Gasteiger partial charge in [0.05, 0.1) is 13.1 Å². The lowest BCUT2D eigenvalue weighted by Gasteiger charge is -2.23. The Balaban J connectivity index is 0.849. The van der Waals surface area contributed by atoms with Crippen LogP contribution in [0.5, 0.6) is 11.5 Å². The Morgan fingerprint density at radius 1 is 0.485 bits per heavy atom. The number of ether oxygens (including phenoxy) is 2. The summed E-state index contributed by atoms with van der Waals surface area (Å²) in [7, 11) is 3.88. The molecule has 0 bridgehead atoms. The number of pyridine rings is 1. The van der Waals surface area contributed by atoms with Gasteiger partial charge in [0.2, 0.25) is 0 Å². The van der Waals surface area contributed by atoms with Gasteiger partial charge in [-0.25, -0.2) is 14.6 Å². The van der Waals surface area contributed by atoms with Gasteiger partial charge in [0.1, 0.15) is 48.4 Å². The van der Waals surface area contributed by atoms with E-state index in [0.717, 1.165) is 22.8 Å². The van der Waals surface area contributed by atoms with Crippen molar-refractivity contribution in [2.75, 3.05) is 60.8 Å². The highest BCUT2D eigenvalue weighted by atomic mass is 16.5. The molecule has 1 heterocycles. The SMILES string of the molecule is CN(CCOc1ccc(CC(Nc2ccccc2C(=O)c2ccccc2)C(=O)O)cc1)c1cccc(N(C)CCOc2ccc(CC(Nc3ccccc3C(=O)c3ccccc3)C(=O)O)cc2)n1. The zero-order valence-corrected chi connectivity index (χ0v) is 37.8. The monoisotopic (exact) mass is 911 g/mol. The molecule has 0 saturated heterocycles. The second kappa shape index (κ2) is 23.1. The van der Waals surface area contributed by atoms with Crippen molar-refractivity contribution in [2.45, 2.75) is 24.9 Å². The van der Waals surface area contributed by atoms with Gasteiger partial charge >= 0.3 is 11.9 Å². The van der Waals surface area contributed by atoms with E-state index in [1.54, 1.807) is 97.1 Å². The molecule has 0 saturated carbocycles. The summed E-state index contributed by atoms with van der Waals surface area (Å²) in [5, 5.41) is 26.3. The average Bonchev–Trinajstić information content (AvgIpc) is 3.37. The van der Waals surface area contributed by atoms with Gasteiger partial charge in [-0.3, -0.25) is 9.59 Å². The number of hydrogen-bond donors (Lipinski definition) is 4. The largest absolute Gasteiger partial charge is 0.492 e. The molecule has 68 heavy (non-hydrogen) atoms. The van der Waals surface area contributed by atoms with Gasteiger partial charge in [-0.15, -0.1) is 0 Å². The molecule has 7 aromatic rings. The van der Waals surface area contributed by atoms with E-state index in [-0.39, 0.29) is 24.4 Å². The molecule has 346 valence electrons. The molecule has 2 unspecified atom stereocenters. The molecule has 0 aliphatic carbocycles. The summed E-state index contributed by atoms with van der Waals surface area (Å²) in [6, 6.07) is 50.1. The molecule has 6 aromatic carbocycles. The van der Waals surface area contributed by atoms with Gasteiger partial charge < -0.3 is 40.1 Å². The lowest BCUT2D eigenvalue weighted by Crippen LogP contribution is -2.32. The lowest BCUT2D eigenvalue weighted by atomic mass is 10.00. The number of hydrogen-bond acceptors (Lipinski definition) is 11. The third kappa shape index (κ3) is 12.9. The van der Waals surface area contributed by atoms with Crippen molar-refractivity contribution < 1.29 is 38.9 Å². The van der Waals surface area contributed by atoms with Crippen LogP contribution in [0.3, 0.4) is 0 Å². The third-order valence-electron chi connectivity index (χ3n) is 11.3. The van der Waals surface area contributed by atoms with Crippen molar-refractivity contribution in [3.63, 3.8) is 0 Å². The molecule has 0 radical (unpaired) electrons. The summed E-state index contributed by atoms with van der Waals surface area (Å²) in [5.41, 5.74) is 4.35. The molecular weight excluding hydrogens is 859 g/mol. The highest BCUT2D eigenvalue weighted by Gasteiger charge is 2.23. The van der Waals surface area contributed by atoms with Crippen LogP contribution in [0.1, 0.15) is 43.0 Å². The molecule has 0 aliphatic heterocycles. The highest BCUT2D eigenvalue weighted by Crippen LogP contribution is 2.25. The molecule has 4 N–H and O–H groups in total. The number of para-hydroxylation sites is 2. The van der Waals surface area contributed by atoms with E-state index >= 15 is 0 Å². The minimum atomic E-state index is -1.03. The van der Waals surface area contributed by atoms with Gasteiger partial charge in [0.15, 0.2) is 11.6 Å². The van der Waals surface area contributed by atoms with Crippen molar-refractivity contribution in [3.05, 3.63) is 209 Å². The van der Waals surface area contributed by atoms with E-state index < -0.39 is 24.0 Å². The van der Waals surface area contributed by atoms with Crippen molar-refractivity contribution in [2.24, 2.45) is 0 Å². The van der Waals surface area contributed by atoms with Gasteiger partial charge in [0, 0.05) is 60.6 Å². The molecular formula is C55H53N5O8. The minimum absolute atomic E-state index is 0.190. The Bertz CT molecular complexity index is 2600. The molecule has 7 rings (SSSR count). The van der Waals surface area contributed by atoms with Crippen molar-refractivity contribution in [1.29, 1.82) is 0 Å². The van der Waals surface area contributed by atoms with Gasteiger partial charge in [-0.1, -0.05) is 115 Å². The first-order chi connectivity index (χ1) is 33.0. The molecule has 13 heteroatoms. The van der Waals surface area contributed by atoms with Crippen LogP contribution < -0.4 is 29.9 Å². The van der Waals surface area contributed by atoms with Crippen LogP contribution in [0.15, 0.2) is 176 Å². The average molecular weight is 912 g/mol. The Hall–Kier alpha value is -8.45. The van der Waals surface area contributed by atoms with Crippen LogP contribution in [0.2, 0.25) is 0 Å². The molecule has 1 aromatic heterocycles. The Morgan fingerprint density at radius 3 is 1.24 bits per heavy atom. The number of nitrogens with one attached hydrogen (secondary N) is 2. The normalized spacial score (nSPS) is 11.7. The second-order valence-corrected chi connectivity index (χ2v) is 16.1. The van der Waals surface area contributed by atoms with E-state index in [4.69, 9.17) is 14.5 Å². The molecule has 13 nitrogen and oxygen atoms in total. The predicted octanol–water partition coefficient (Wildman–Crippen LogP) is 8.79. The van der Waals surface area contributed by atoms with Crippen LogP contribution in [0.25, 0.3) is 0 Å². The fourth-order valence-electron chi connectivity index (χ4n) is 7.46. The summed E-state index contributed by atoms with van der Waals surface area (Å²) >= 11 is 0. The van der Waals surface area contributed by atoms with Crippen LogP contribution >= 0.6 is 0 Å². The number of ketones is 2. The number of carbonyl (C=O) groups is 4. The zero-order valence-electron chi connectivity index (χ0n) is 37.8. The van der Waals surface area contributed by atoms with E-state index in [2.05, 4.69) is 10.6 Å². The number of nitrogens with zero attached hydrogens (tertiary/aromatic N) is 3. The molecule has 0 amide bonds. The van der Waals surface area contributed by atoms with E-state index in [9.17, 15) is 29.4 Å². The fourth-order valence-corrected chi connectivity index (χ4v) is 7.46.